The molecule has 0 unspecified atom stereocenters. The second-order valence-corrected chi connectivity index (χ2v) is 11.2. The highest BCUT2D eigenvalue weighted by Crippen LogP contribution is 2.29. The van der Waals surface area contributed by atoms with Gasteiger partial charge in [0.25, 0.3) is 0 Å². The molecule has 0 aliphatic carbocycles. The van der Waals surface area contributed by atoms with Gasteiger partial charge in [-0.05, 0) is 51.3 Å². The molecule has 206 valence electrons. The molecule has 1 aliphatic heterocycles. The highest BCUT2D eigenvalue weighted by Gasteiger charge is 2.21. The van der Waals surface area contributed by atoms with Crippen molar-refractivity contribution in [3.63, 3.8) is 0 Å². The number of nitrogens with zero attached hydrogens (tertiary/aromatic N) is 5. The topological polar surface area (TPSA) is 84.2 Å². The van der Waals surface area contributed by atoms with Gasteiger partial charge >= 0.3 is 6.09 Å². The van der Waals surface area contributed by atoms with E-state index in [0.29, 0.717) is 32.2 Å². The van der Waals surface area contributed by atoms with E-state index in [1.807, 2.05) is 31.5 Å². The molecule has 0 radical (unpaired) electrons. The number of aromatic nitrogens is 3. The number of likely N-dealkylation sites (N-methyl/N-ethyl adjacent to an activating group) is 1. The number of morpholine rings is 1. The Kier molecular flexibility index (Phi) is 8.89. The van der Waals surface area contributed by atoms with E-state index >= 15 is 0 Å². The molecule has 0 bridgehead atoms. The summed E-state index contributed by atoms with van der Waals surface area (Å²) in [5.41, 5.74) is 4.87. The Bertz CT molecular complexity index is 1230. The van der Waals surface area contributed by atoms with Gasteiger partial charge in [-0.1, -0.05) is 32.0 Å². The second kappa shape index (κ2) is 12.1. The van der Waals surface area contributed by atoms with Crippen molar-refractivity contribution in [3.8, 4) is 11.3 Å². The van der Waals surface area contributed by atoms with Crippen LogP contribution in [-0.2, 0) is 15.9 Å². The largest absolute Gasteiger partial charge is 0.444 e. The summed E-state index contributed by atoms with van der Waals surface area (Å²) in [6.45, 7) is 15.2. The van der Waals surface area contributed by atoms with Crippen molar-refractivity contribution in [2.24, 2.45) is 0 Å². The van der Waals surface area contributed by atoms with Crippen LogP contribution in [-0.4, -0.2) is 84.2 Å². The van der Waals surface area contributed by atoms with Gasteiger partial charge in [-0.3, -0.25) is 0 Å². The van der Waals surface area contributed by atoms with E-state index in [1.54, 1.807) is 11.9 Å². The lowest BCUT2D eigenvalue weighted by Gasteiger charge is -2.29. The van der Waals surface area contributed by atoms with Gasteiger partial charge < -0.3 is 24.6 Å². The number of hydrogen-bond donors (Lipinski definition) is 1. The van der Waals surface area contributed by atoms with Crippen LogP contribution in [0.15, 0.2) is 36.5 Å². The maximum atomic E-state index is 12.1. The number of nitrogens with one attached hydrogen (secondary N) is 1. The van der Waals surface area contributed by atoms with Crippen molar-refractivity contribution >= 4 is 17.6 Å². The average Bonchev–Trinajstić information content (AvgIpc) is 3.32. The number of benzene rings is 1. The van der Waals surface area contributed by atoms with Gasteiger partial charge in [0, 0.05) is 50.4 Å². The molecule has 9 nitrogen and oxygen atoms in total. The van der Waals surface area contributed by atoms with E-state index in [1.165, 1.54) is 5.56 Å². The van der Waals surface area contributed by atoms with Crippen molar-refractivity contribution in [2.45, 2.75) is 52.6 Å². The van der Waals surface area contributed by atoms with Crippen LogP contribution in [0.4, 0.5) is 10.6 Å². The molecule has 1 fully saturated rings. The number of fused-ring (bicyclic) bond motifs is 1. The molecular formula is C29H42N6O3. The Labute approximate surface area is 226 Å². The lowest BCUT2D eigenvalue weighted by molar-refractivity contribution is 0.0300. The first-order chi connectivity index (χ1) is 18.1. The minimum atomic E-state index is -0.486. The zero-order valence-corrected chi connectivity index (χ0v) is 23.7. The third-order valence-corrected chi connectivity index (χ3v) is 6.58. The number of carbonyl (C=O) groups excluding carboxylic acids is 1. The van der Waals surface area contributed by atoms with E-state index in [-0.39, 0.29) is 6.09 Å². The Balaban J connectivity index is 1.44. The van der Waals surface area contributed by atoms with Crippen LogP contribution in [0.5, 0.6) is 0 Å². The van der Waals surface area contributed by atoms with E-state index in [0.717, 1.165) is 54.3 Å². The molecular weight excluding hydrogens is 480 g/mol. The Morgan fingerprint density at radius 3 is 2.66 bits per heavy atom. The molecule has 38 heavy (non-hydrogen) atoms. The fourth-order valence-electron chi connectivity index (χ4n) is 4.46. The zero-order valence-electron chi connectivity index (χ0n) is 23.7. The van der Waals surface area contributed by atoms with Gasteiger partial charge in [-0.25, -0.2) is 9.78 Å². The summed E-state index contributed by atoms with van der Waals surface area (Å²) in [6, 6.07) is 10.7. The van der Waals surface area contributed by atoms with Crippen molar-refractivity contribution in [1.29, 1.82) is 0 Å². The number of carbonyl (C=O) groups is 1. The Morgan fingerprint density at radius 1 is 1.18 bits per heavy atom. The maximum absolute atomic E-state index is 12.1. The quantitative estimate of drug-likeness (QED) is 0.418. The van der Waals surface area contributed by atoms with E-state index in [4.69, 9.17) is 19.6 Å². The van der Waals surface area contributed by atoms with Crippen molar-refractivity contribution < 1.29 is 14.3 Å². The van der Waals surface area contributed by atoms with Crippen LogP contribution in [0, 0.1) is 0 Å². The van der Waals surface area contributed by atoms with Gasteiger partial charge in [-0.15, -0.1) is 0 Å². The smallest absolute Gasteiger partial charge is 0.410 e. The number of anilines is 1. The fourth-order valence-corrected chi connectivity index (χ4v) is 4.46. The number of ether oxygens (including phenoxy) is 2. The Morgan fingerprint density at radius 2 is 1.95 bits per heavy atom. The summed E-state index contributed by atoms with van der Waals surface area (Å²) >= 11 is 0. The van der Waals surface area contributed by atoms with Gasteiger partial charge in [0.15, 0.2) is 5.65 Å². The molecule has 0 spiro atoms. The first-order valence-corrected chi connectivity index (χ1v) is 13.6. The predicted octanol–water partition coefficient (Wildman–Crippen LogP) is 4.36. The number of amides is 1. The monoisotopic (exact) mass is 522 g/mol. The lowest BCUT2D eigenvalue weighted by Crippen LogP contribution is -2.38. The SMILES string of the molecule is CC(C)c1cnn2c(N3CCOCC3)cc(-c3cccc(CCNCCN(C)C(=O)OC(C)(C)C)c3)nc12. The molecule has 9 heteroatoms. The maximum Gasteiger partial charge on any atom is 0.410 e. The summed E-state index contributed by atoms with van der Waals surface area (Å²) in [7, 11) is 1.76. The molecule has 3 aromatic rings. The summed E-state index contributed by atoms with van der Waals surface area (Å²) in [4.78, 5) is 21.1. The van der Waals surface area contributed by atoms with Gasteiger partial charge in [0.1, 0.15) is 11.4 Å². The summed E-state index contributed by atoms with van der Waals surface area (Å²) in [6.07, 6.45) is 2.53. The fraction of sp³-hybridized carbons (Fsp3) is 0.552. The molecule has 1 aromatic carbocycles. The minimum Gasteiger partial charge on any atom is -0.444 e. The van der Waals surface area contributed by atoms with E-state index < -0.39 is 5.60 Å². The van der Waals surface area contributed by atoms with Crippen molar-refractivity contribution in [2.75, 3.05) is 57.9 Å². The van der Waals surface area contributed by atoms with Crippen LogP contribution < -0.4 is 10.2 Å². The first kappa shape index (κ1) is 27.9. The molecule has 1 N–H and O–H groups in total. The molecule has 1 saturated heterocycles. The van der Waals surface area contributed by atoms with Crippen LogP contribution in [0.25, 0.3) is 16.9 Å². The molecule has 4 rings (SSSR count). The lowest BCUT2D eigenvalue weighted by atomic mass is 10.0. The van der Waals surface area contributed by atoms with Gasteiger partial charge in [0.05, 0.1) is 25.1 Å². The van der Waals surface area contributed by atoms with Gasteiger partial charge in [-0.2, -0.15) is 9.61 Å². The average molecular weight is 523 g/mol. The third-order valence-electron chi connectivity index (χ3n) is 6.58. The third kappa shape index (κ3) is 7.02. The van der Waals surface area contributed by atoms with Crippen molar-refractivity contribution in [3.05, 3.63) is 47.7 Å². The molecule has 0 atom stereocenters. The highest BCUT2D eigenvalue weighted by atomic mass is 16.6. The summed E-state index contributed by atoms with van der Waals surface area (Å²) < 4.78 is 13.0. The molecule has 1 aliphatic rings. The standard InChI is InChI=1S/C29H42N6O3/c1-21(2)24-20-31-35-26(34-14-16-37-17-15-34)19-25(32-27(24)35)23-9-7-8-22(18-23)10-11-30-12-13-33(6)28(36)38-29(3,4)5/h7-9,18-21,30H,10-17H2,1-6H3. The zero-order chi connectivity index (χ0) is 27.3. The van der Waals surface area contributed by atoms with E-state index in [2.05, 4.69) is 54.4 Å². The Hall–Kier alpha value is -3.17. The van der Waals surface area contributed by atoms with Crippen molar-refractivity contribution in [1.82, 2.24) is 24.8 Å². The number of hydrogen-bond acceptors (Lipinski definition) is 7. The molecule has 2 aromatic heterocycles. The molecule has 3 heterocycles. The second-order valence-electron chi connectivity index (χ2n) is 11.2. The van der Waals surface area contributed by atoms with E-state index in [9.17, 15) is 4.79 Å². The number of rotatable bonds is 9. The predicted molar refractivity (Wildman–Crippen MR) is 151 cm³/mol. The van der Waals surface area contributed by atoms with Crippen LogP contribution in [0.2, 0.25) is 0 Å². The summed E-state index contributed by atoms with van der Waals surface area (Å²) in [5, 5.41) is 8.14. The summed E-state index contributed by atoms with van der Waals surface area (Å²) in [5.74, 6) is 1.39. The van der Waals surface area contributed by atoms with Gasteiger partial charge in [0.2, 0.25) is 0 Å². The van der Waals surface area contributed by atoms with Crippen LogP contribution in [0.1, 0.15) is 51.7 Å². The molecule has 0 saturated carbocycles. The van der Waals surface area contributed by atoms with Crippen LogP contribution in [0.3, 0.4) is 0 Å². The molecule has 1 amide bonds. The van der Waals surface area contributed by atoms with Crippen LogP contribution >= 0.6 is 0 Å². The normalized spacial score (nSPS) is 14.3. The minimum absolute atomic E-state index is 0.299. The first-order valence-electron chi connectivity index (χ1n) is 13.6. The highest BCUT2D eigenvalue weighted by molar-refractivity contribution is 5.69.